The van der Waals surface area contributed by atoms with Crippen molar-refractivity contribution in [2.75, 3.05) is 26.8 Å². The number of non-ortho nitro benzene ring substituents is 1. The van der Waals surface area contributed by atoms with Crippen LogP contribution >= 0.6 is 0 Å². The quantitative estimate of drug-likeness (QED) is 0.424. The first kappa shape index (κ1) is 22.7. The monoisotopic (exact) mass is 454 g/mol. The average molecular weight is 454 g/mol. The summed E-state index contributed by atoms with van der Waals surface area (Å²) in [7, 11) is 1.56. The van der Waals surface area contributed by atoms with Crippen LogP contribution in [0, 0.1) is 16.0 Å². The van der Waals surface area contributed by atoms with Gasteiger partial charge in [0.05, 0.1) is 23.5 Å². The largest absolute Gasteiger partial charge is 0.467 e. The van der Waals surface area contributed by atoms with E-state index >= 15 is 0 Å². The number of nitrogens with zero attached hydrogens (tertiary/aromatic N) is 4. The van der Waals surface area contributed by atoms with E-state index in [4.69, 9.17) is 9.15 Å². The number of rotatable bonds is 9. The van der Waals surface area contributed by atoms with Gasteiger partial charge in [0.15, 0.2) is 0 Å². The van der Waals surface area contributed by atoms with Crippen molar-refractivity contribution in [1.29, 1.82) is 0 Å². The number of amides is 2. The molecule has 1 atom stereocenters. The molecule has 2 heterocycles. The van der Waals surface area contributed by atoms with Crippen molar-refractivity contribution >= 4 is 23.2 Å². The zero-order valence-electron chi connectivity index (χ0n) is 18.4. The second-order valence-electron chi connectivity index (χ2n) is 8.20. The van der Waals surface area contributed by atoms with Gasteiger partial charge < -0.3 is 14.1 Å². The molecule has 2 aliphatic rings. The number of carbonyl (C=O) groups is 2. The molecule has 1 saturated carbocycles. The molecule has 2 aromatic rings. The molecule has 33 heavy (non-hydrogen) atoms. The molecule has 1 aliphatic heterocycles. The predicted octanol–water partition coefficient (Wildman–Crippen LogP) is 3.14. The summed E-state index contributed by atoms with van der Waals surface area (Å²) >= 11 is 0. The number of hydrogen-bond acceptors (Lipinski definition) is 7. The predicted molar refractivity (Wildman–Crippen MR) is 118 cm³/mol. The Labute approximate surface area is 190 Å². The highest BCUT2D eigenvalue weighted by atomic mass is 16.6. The van der Waals surface area contributed by atoms with Crippen molar-refractivity contribution in [1.82, 2.24) is 9.91 Å². The molecule has 0 radical (unpaired) electrons. The number of nitro benzene ring substituents is 1. The second-order valence-corrected chi connectivity index (χ2v) is 8.20. The molecule has 0 N–H and O–H groups in total. The number of carbonyl (C=O) groups excluding carboxylic acids is 2. The van der Waals surface area contributed by atoms with Crippen LogP contribution in [0.5, 0.6) is 0 Å². The smallest absolute Gasteiger partial charge is 0.269 e. The molecule has 1 aliphatic carbocycles. The minimum atomic E-state index is -0.463. The van der Waals surface area contributed by atoms with Gasteiger partial charge in [-0.25, -0.2) is 5.01 Å². The molecule has 0 bridgehead atoms. The van der Waals surface area contributed by atoms with Gasteiger partial charge in [-0.05, 0) is 42.7 Å². The number of methoxy groups -OCH3 is 1. The summed E-state index contributed by atoms with van der Waals surface area (Å²) in [4.78, 5) is 38.2. The van der Waals surface area contributed by atoms with Crippen molar-refractivity contribution in [3.63, 3.8) is 0 Å². The lowest BCUT2D eigenvalue weighted by Crippen LogP contribution is -2.46. The highest BCUT2D eigenvalue weighted by Crippen LogP contribution is 2.34. The molecule has 1 fully saturated rings. The van der Waals surface area contributed by atoms with E-state index in [-0.39, 0.29) is 30.0 Å². The third kappa shape index (κ3) is 4.95. The van der Waals surface area contributed by atoms with Crippen molar-refractivity contribution in [2.45, 2.75) is 31.7 Å². The van der Waals surface area contributed by atoms with Gasteiger partial charge in [-0.2, -0.15) is 5.10 Å². The van der Waals surface area contributed by atoms with E-state index in [9.17, 15) is 19.7 Å². The Bertz CT molecular complexity index is 1030. The van der Waals surface area contributed by atoms with Gasteiger partial charge >= 0.3 is 0 Å². The van der Waals surface area contributed by atoms with Crippen LogP contribution in [0.4, 0.5) is 5.69 Å². The van der Waals surface area contributed by atoms with Crippen LogP contribution in [-0.2, 0) is 14.3 Å². The van der Waals surface area contributed by atoms with E-state index in [0.29, 0.717) is 36.6 Å². The molecule has 10 heteroatoms. The van der Waals surface area contributed by atoms with Crippen LogP contribution in [0.3, 0.4) is 0 Å². The molecule has 174 valence electrons. The SMILES string of the molecule is COCCN(CC(=O)N1N=C(c2ccc([N+](=O)[O-])cc2)CC1c1ccco1)C(=O)C1CCC1. The zero-order chi connectivity index (χ0) is 23.4. The summed E-state index contributed by atoms with van der Waals surface area (Å²) in [5, 5.41) is 16.9. The first-order valence-corrected chi connectivity index (χ1v) is 10.9. The van der Waals surface area contributed by atoms with Crippen LogP contribution in [0.15, 0.2) is 52.2 Å². The van der Waals surface area contributed by atoms with Crippen molar-refractivity contribution in [3.8, 4) is 0 Å². The average Bonchev–Trinajstić information content (AvgIpc) is 3.45. The summed E-state index contributed by atoms with van der Waals surface area (Å²) in [6.07, 6.45) is 4.64. The minimum Gasteiger partial charge on any atom is -0.467 e. The first-order chi connectivity index (χ1) is 16.0. The van der Waals surface area contributed by atoms with Gasteiger partial charge in [0.25, 0.3) is 11.6 Å². The van der Waals surface area contributed by atoms with Gasteiger partial charge in [0.1, 0.15) is 18.3 Å². The van der Waals surface area contributed by atoms with Gasteiger partial charge in [-0.15, -0.1) is 0 Å². The number of hydrogen-bond donors (Lipinski definition) is 0. The van der Waals surface area contributed by atoms with Crippen LogP contribution in [-0.4, -0.2) is 59.2 Å². The van der Waals surface area contributed by atoms with Gasteiger partial charge in [0, 0.05) is 38.1 Å². The van der Waals surface area contributed by atoms with Gasteiger partial charge in [-0.3, -0.25) is 19.7 Å². The lowest BCUT2D eigenvalue weighted by molar-refractivity contribution is -0.384. The fourth-order valence-electron chi connectivity index (χ4n) is 4.01. The molecule has 4 rings (SSSR count). The number of nitro groups is 1. The van der Waals surface area contributed by atoms with Crippen LogP contribution in [0.1, 0.15) is 43.0 Å². The summed E-state index contributed by atoms with van der Waals surface area (Å²) in [6, 6.07) is 9.13. The van der Waals surface area contributed by atoms with Crippen molar-refractivity contribution in [3.05, 3.63) is 64.1 Å². The van der Waals surface area contributed by atoms with E-state index in [0.717, 1.165) is 19.3 Å². The molecular formula is C23H26N4O6. The maximum Gasteiger partial charge on any atom is 0.269 e. The summed E-state index contributed by atoms with van der Waals surface area (Å²) in [6.45, 7) is 0.563. The number of ether oxygens (including phenoxy) is 1. The fourth-order valence-corrected chi connectivity index (χ4v) is 4.01. The van der Waals surface area contributed by atoms with Crippen LogP contribution < -0.4 is 0 Å². The summed E-state index contributed by atoms with van der Waals surface area (Å²) in [5.74, 6) is 0.197. The highest BCUT2D eigenvalue weighted by Gasteiger charge is 2.37. The first-order valence-electron chi connectivity index (χ1n) is 10.9. The summed E-state index contributed by atoms with van der Waals surface area (Å²) in [5.41, 5.74) is 1.29. The third-order valence-corrected chi connectivity index (χ3v) is 6.11. The van der Waals surface area contributed by atoms with E-state index in [1.165, 1.54) is 23.4 Å². The van der Waals surface area contributed by atoms with Crippen LogP contribution in [0.25, 0.3) is 0 Å². The Morgan fingerprint density at radius 2 is 2.03 bits per heavy atom. The maximum absolute atomic E-state index is 13.3. The fraction of sp³-hybridized carbons (Fsp3) is 0.435. The van der Waals surface area contributed by atoms with E-state index < -0.39 is 11.0 Å². The third-order valence-electron chi connectivity index (χ3n) is 6.11. The Morgan fingerprint density at radius 3 is 2.61 bits per heavy atom. The normalized spacial score (nSPS) is 18.0. The molecule has 10 nitrogen and oxygen atoms in total. The Kier molecular flexibility index (Phi) is 6.83. The standard InChI is InChI=1S/C23H26N4O6/c1-32-13-11-25(23(29)17-4-2-5-17)15-22(28)26-20(21-6-3-12-33-21)14-19(24-26)16-7-9-18(10-8-16)27(30)31/h3,6-10,12,17,20H,2,4-5,11,13-15H2,1H3. The van der Waals surface area contributed by atoms with E-state index in [1.807, 2.05) is 0 Å². The van der Waals surface area contributed by atoms with Gasteiger partial charge in [-0.1, -0.05) is 6.42 Å². The lowest BCUT2D eigenvalue weighted by atomic mass is 9.84. The Balaban J connectivity index is 1.56. The van der Waals surface area contributed by atoms with E-state index in [2.05, 4.69) is 5.10 Å². The van der Waals surface area contributed by atoms with E-state index in [1.54, 1.807) is 36.3 Å². The van der Waals surface area contributed by atoms with Crippen LogP contribution in [0.2, 0.25) is 0 Å². The Morgan fingerprint density at radius 1 is 1.27 bits per heavy atom. The second kappa shape index (κ2) is 9.95. The van der Waals surface area contributed by atoms with Crippen molar-refractivity contribution in [2.24, 2.45) is 11.0 Å². The molecular weight excluding hydrogens is 428 g/mol. The molecule has 0 spiro atoms. The summed E-state index contributed by atoms with van der Waals surface area (Å²) < 4.78 is 10.7. The molecule has 1 aromatic carbocycles. The number of benzene rings is 1. The number of furan rings is 1. The number of hydrazone groups is 1. The topological polar surface area (TPSA) is 118 Å². The Hall–Kier alpha value is -3.53. The highest BCUT2D eigenvalue weighted by molar-refractivity contribution is 6.03. The maximum atomic E-state index is 13.3. The minimum absolute atomic E-state index is 0.0174. The molecule has 0 saturated heterocycles. The zero-order valence-corrected chi connectivity index (χ0v) is 18.4. The molecule has 1 unspecified atom stereocenters. The lowest BCUT2D eigenvalue weighted by Gasteiger charge is -2.32. The van der Waals surface area contributed by atoms with Crippen molar-refractivity contribution < 1.29 is 23.7 Å². The molecule has 2 amide bonds. The molecule has 1 aromatic heterocycles. The van der Waals surface area contributed by atoms with Gasteiger partial charge in [0.2, 0.25) is 5.91 Å².